The van der Waals surface area contributed by atoms with E-state index in [2.05, 4.69) is 10.1 Å². The van der Waals surface area contributed by atoms with Gasteiger partial charge in [-0.15, -0.1) is 0 Å². The number of hydrogen-bond donors (Lipinski definition) is 2. The maximum atomic E-state index is 12.3. The van der Waals surface area contributed by atoms with Crippen LogP contribution in [0.25, 0.3) is 0 Å². The maximum Gasteiger partial charge on any atom is 0.547 e. The first kappa shape index (κ1) is 24.3. The Bertz CT molecular complexity index is 817. The molecule has 1 aliphatic rings. The molecule has 1 aromatic rings. The van der Waals surface area contributed by atoms with Gasteiger partial charge in [0.05, 0.1) is 18.5 Å². The number of ether oxygens (including phenoxy) is 3. The van der Waals surface area contributed by atoms with E-state index in [-0.39, 0.29) is 17.7 Å². The Kier molecular flexibility index (Phi) is 8.14. The van der Waals surface area contributed by atoms with Gasteiger partial charge in [0.1, 0.15) is 11.3 Å². The summed E-state index contributed by atoms with van der Waals surface area (Å²) >= 11 is 0. The average molecular weight is 447 g/mol. The van der Waals surface area contributed by atoms with Crippen LogP contribution in [-0.2, 0) is 25.4 Å². The van der Waals surface area contributed by atoms with Crippen LogP contribution in [0.3, 0.4) is 0 Å². The van der Waals surface area contributed by atoms with Crippen LogP contribution in [0, 0.1) is 0 Å². The molecule has 2 rings (SSSR count). The number of para-hydroxylation sites is 1. The molecule has 0 spiro atoms. The van der Waals surface area contributed by atoms with Crippen molar-refractivity contribution >= 4 is 25.2 Å². The number of nitrogens with one attached hydrogen (secondary N) is 1. The number of halogens is 3. The number of amides is 1. The van der Waals surface area contributed by atoms with Crippen molar-refractivity contribution in [3.05, 3.63) is 29.3 Å². The molecule has 1 aromatic carbocycles. The fourth-order valence-corrected chi connectivity index (χ4v) is 2.68. The maximum absolute atomic E-state index is 12.3. The highest BCUT2D eigenvalue weighted by Gasteiger charge is 2.38. The van der Waals surface area contributed by atoms with Crippen LogP contribution < -0.4 is 9.97 Å². The van der Waals surface area contributed by atoms with Crippen LogP contribution in [0.5, 0.6) is 5.75 Å². The van der Waals surface area contributed by atoms with E-state index in [1.165, 1.54) is 12.1 Å². The molecule has 0 fully saturated rings. The van der Waals surface area contributed by atoms with Gasteiger partial charge in [0.25, 0.3) is 0 Å². The molecule has 0 aliphatic carbocycles. The topological polar surface area (TPSA) is 120 Å². The zero-order valence-electron chi connectivity index (χ0n) is 16.7. The van der Waals surface area contributed by atoms with Crippen molar-refractivity contribution in [1.82, 2.24) is 5.32 Å². The van der Waals surface area contributed by atoms with Gasteiger partial charge in [-0.05, 0) is 31.9 Å². The van der Waals surface area contributed by atoms with E-state index < -0.39 is 63.0 Å². The molecule has 1 aliphatic heterocycles. The molecule has 0 saturated heterocycles. The lowest BCUT2D eigenvalue weighted by molar-refractivity contribution is -0.144. The summed E-state index contributed by atoms with van der Waals surface area (Å²) in [6.45, 7) is 2.50. The first-order valence-corrected chi connectivity index (χ1v) is 9.29. The number of carbonyl (C=O) groups excluding carboxylic acids is 3. The molecule has 1 unspecified atom stereocenters. The number of carbonyl (C=O) groups is 3. The number of rotatable bonds is 7. The zero-order valence-corrected chi connectivity index (χ0v) is 16.7. The summed E-state index contributed by atoms with van der Waals surface area (Å²) in [7, 11) is -1.60. The SMILES string of the molecule is CC(C)OC(=O)OCOC(=O)c1cccc2c1OB(O)C(NC(=O)CCC(F)(F)F)C2. The highest BCUT2D eigenvalue weighted by molar-refractivity contribution is 6.47. The van der Waals surface area contributed by atoms with Crippen LogP contribution in [0.2, 0.25) is 0 Å². The summed E-state index contributed by atoms with van der Waals surface area (Å²) in [5, 5.41) is 12.4. The van der Waals surface area contributed by atoms with Crippen LogP contribution in [0.1, 0.15) is 42.6 Å². The molecule has 0 aromatic heterocycles. The van der Waals surface area contributed by atoms with Crippen molar-refractivity contribution in [1.29, 1.82) is 0 Å². The Labute approximate surface area is 175 Å². The highest BCUT2D eigenvalue weighted by atomic mass is 19.4. The molecule has 9 nitrogen and oxygen atoms in total. The highest BCUT2D eigenvalue weighted by Crippen LogP contribution is 2.31. The van der Waals surface area contributed by atoms with Crippen molar-refractivity contribution < 1.29 is 51.4 Å². The van der Waals surface area contributed by atoms with Gasteiger partial charge in [0.15, 0.2) is 0 Å². The molecule has 1 amide bonds. The molecule has 0 saturated carbocycles. The Morgan fingerprint density at radius 1 is 1.29 bits per heavy atom. The molecule has 0 radical (unpaired) electrons. The summed E-state index contributed by atoms with van der Waals surface area (Å²) in [4.78, 5) is 35.3. The quantitative estimate of drug-likeness (QED) is 0.371. The molecule has 1 heterocycles. The van der Waals surface area contributed by atoms with Crippen LogP contribution >= 0.6 is 0 Å². The van der Waals surface area contributed by atoms with Crippen molar-refractivity contribution in [3.63, 3.8) is 0 Å². The van der Waals surface area contributed by atoms with E-state index in [0.717, 1.165) is 0 Å². The molecular formula is C18H21BF3NO8. The number of hydrogen-bond acceptors (Lipinski definition) is 8. The molecule has 31 heavy (non-hydrogen) atoms. The van der Waals surface area contributed by atoms with Gasteiger partial charge in [-0.2, -0.15) is 13.2 Å². The second-order valence-corrected chi connectivity index (χ2v) is 6.91. The summed E-state index contributed by atoms with van der Waals surface area (Å²) in [6, 6.07) is 4.40. The first-order chi connectivity index (χ1) is 14.5. The molecule has 13 heteroatoms. The van der Waals surface area contributed by atoms with Crippen LogP contribution in [0.4, 0.5) is 18.0 Å². The van der Waals surface area contributed by atoms with Gasteiger partial charge in [-0.25, -0.2) is 9.59 Å². The van der Waals surface area contributed by atoms with Crippen molar-refractivity contribution in [2.24, 2.45) is 0 Å². The van der Waals surface area contributed by atoms with Gasteiger partial charge in [0.2, 0.25) is 12.7 Å². The van der Waals surface area contributed by atoms with E-state index in [0.29, 0.717) is 5.56 Å². The average Bonchev–Trinajstić information content (AvgIpc) is 2.65. The van der Waals surface area contributed by atoms with Crippen molar-refractivity contribution in [2.75, 3.05) is 6.79 Å². The Morgan fingerprint density at radius 3 is 2.65 bits per heavy atom. The standard InChI is InChI=1S/C18H21BF3NO8/c1-10(2)30-17(26)29-9-28-16(25)12-5-3-4-11-8-13(19(27)31-15(11)12)23-14(24)6-7-18(20,21)22/h3-5,10,13,27H,6-9H2,1-2H3,(H,23,24). The van der Waals surface area contributed by atoms with E-state index in [1.54, 1.807) is 19.9 Å². The minimum atomic E-state index is -4.48. The second-order valence-electron chi connectivity index (χ2n) is 6.91. The van der Waals surface area contributed by atoms with Crippen LogP contribution in [0.15, 0.2) is 18.2 Å². The number of benzene rings is 1. The Balaban J connectivity index is 1.97. The fraction of sp³-hybridized carbons (Fsp3) is 0.500. The second kappa shape index (κ2) is 10.4. The largest absolute Gasteiger partial charge is 0.547 e. The predicted octanol–water partition coefficient (Wildman–Crippen LogP) is 2.14. The molecule has 170 valence electrons. The lowest BCUT2D eigenvalue weighted by Crippen LogP contribution is -2.53. The Morgan fingerprint density at radius 2 is 2.00 bits per heavy atom. The summed E-state index contributed by atoms with van der Waals surface area (Å²) < 4.78 is 56.2. The summed E-state index contributed by atoms with van der Waals surface area (Å²) in [5.74, 6) is -2.82. The van der Waals surface area contributed by atoms with Gasteiger partial charge >= 0.3 is 25.4 Å². The first-order valence-electron chi connectivity index (χ1n) is 9.29. The van der Waals surface area contributed by atoms with Gasteiger partial charge < -0.3 is 29.2 Å². The molecule has 2 N–H and O–H groups in total. The predicted molar refractivity (Wildman–Crippen MR) is 99.0 cm³/mol. The summed E-state index contributed by atoms with van der Waals surface area (Å²) in [5.41, 5.74) is 0.347. The molecule has 1 atom stereocenters. The lowest BCUT2D eigenvalue weighted by atomic mass is 9.72. The zero-order chi connectivity index (χ0) is 23.2. The van der Waals surface area contributed by atoms with Crippen molar-refractivity contribution in [2.45, 2.75) is 51.3 Å². The van der Waals surface area contributed by atoms with Gasteiger partial charge in [-0.1, -0.05) is 12.1 Å². The molecule has 0 bridgehead atoms. The third-order valence-corrected chi connectivity index (χ3v) is 4.02. The van der Waals surface area contributed by atoms with E-state index in [1.807, 2.05) is 0 Å². The van der Waals surface area contributed by atoms with Crippen molar-refractivity contribution in [3.8, 4) is 5.75 Å². The number of fused-ring (bicyclic) bond motifs is 1. The minimum absolute atomic E-state index is 0.00654. The number of esters is 1. The van der Waals surface area contributed by atoms with Gasteiger partial charge in [0, 0.05) is 6.42 Å². The fourth-order valence-electron chi connectivity index (χ4n) is 2.68. The van der Waals surface area contributed by atoms with Crippen LogP contribution in [-0.4, -0.2) is 55.2 Å². The third-order valence-electron chi connectivity index (χ3n) is 4.02. The van der Waals surface area contributed by atoms with E-state index in [9.17, 15) is 32.6 Å². The molecular weight excluding hydrogens is 426 g/mol. The lowest BCUT2D eigenvalue weighted by Gasteiger charge is -2.29. The van der Waals surface area contributed by atoms with E-state index in [4.69, 9.17) is 14.1 Å². The third kappa shape index (κ3) is 7.66. The number of alkyl halides is 3. The monoisotopic (exact) mass is 447 g/mol. The van der Waals surface area contributed by atoms with E-state index >= 15 is 0 Å². The summed E-state index contributed by atoms with van der Waals surface area (Å²) in [6.07, 6.45) is -7.98. The normalized spacial score (nSPS) is 15.6. The smallest absolute Gasteiger partial charge is 0.534 e. The Hall–Kier alpha value is -2.96. The minimum Gasteiger partial charge on any atom is -0.534 e. The van der Waals surface area contributed by atoms with Gasteiger partial charge in [-0.3, -0.25) is 4.79 Å².